The highest BCUT2D eigenvalue weighted by Crippen LogP contribution is 2.25. The zero-order valence-corrected chi connectivity index (χ0v) is 11.6. The molecule has 0 fully saturated rings. The lowest BCUT2D eigenvalue weighted by atomic mass is 10.2. The number of benzene rings is 2. The maximum absolute atomic E-state index is 5.76. The highest BCUT2D eigenvalue weighted by atomic mass is 79.9. The molecule has 2 N–H and O–H groups in total. The lowest BCUT2D eigenvalue weighted by Crippen LogP contribution is -1.97. The standard InChI is InChI=1S/C14H14BrNO2/c1-17-13-6-12(16)7-14(8-13)18-9-10-3-2-4-11(15)5-10/h2-8H,9,16H2,1H3. The zero-order chi connectivity index (χ0) is 13.0. The quantitative estimate of drug-likeness (QED) is 0.877. The second kappa shape index (κ2) is 5.78. The minimum Gasteiger partial charge on any atom is -0.497 e. The van der Waals surface area contributed by atoms with Crippen molar-refractivity contribution in [2.24, 2.45) is 0 Å². The van der Waals surface area contributed by atoms with Gasteiger partial charge in [-0.1, -0.05) is 28.1 Å². The molecule has 0 saturated heterocycles. The lowest BCUT2D eigenvalue weighted by molar-refractivity contribution is 0.304. The third-order valence-electron chi connectivity index (χ3n) is 2.43. The minimum atomic E-state index is 0.492. The van der Waals surface area contributed by atoms with E-state index >= 15 is 0 Å². The van der Waals surface area contributed by atoms with Crippen LogP contribution in [0.1, 0.15) is 5.56 Å². The Balaban J connectivity index is 2.08. The van der Waals surface area contributed by atoms with E-state index in [2.05, 4.69) is 15.9 Å². The fraction of sp³-hybridized carbons (Fsp3) is 0.143. The summed E-state index contributed by atoms with van der Waals surface area (Å²) in [6.07, 6.45) is 0. The molecule has 3 nitrogen and oxygen atoms in total. The number of ether oxygens (including phenoxy) is 2. The van der Waals surface area contributed by atoms with Crippen LogP contribution in [0.5, 0.6) is 11.5 Å². The van der Waals surface area contributed by atoms with Crippen LogP contribution in [0.15, 0.2) is 46.9 Å². The number of hydrogen-bond acceptors (Lipinski definition) is 3. The molecule has 0 radical (unpaired) electrons. The molecular formula is C14H14BrNO2. The molecule has 0 aromatic heterocycles. The fourth-order valence-corrected chi connectivity index (χ4v) is 2.03. The van der Waals surface area contributed by atoms with E-state index in [1.165, 1.54) is 0 Å². The van der Waals surface area contributed by atoms with Gasteiger partial charge in [-0.25, -0.2) is 0 Å². The minimum absolute atomic E-state index is 0.492. The Morgan fingerprint density at radius 3 is 2.61 bits per heavy atom. The van der Waals surface area contributed by atoms with Gasteiger partial charge in [0.25, 0.3) is 0 Å². The summed E-state index contributed by atoms with van der Waals surface area (Å²) in [7, 11) is 1.60. The summed E-state index contributed by atoms with van der Waals surface area (Å²) in [4.78, 5) is 0. The topological polar surface area (TPSA) is 44.5 Å². The van der Waals surface area contributed by atoms with Crippen LogP contribution in [0.3, 0.4) is 0 Å². The van der Waals surface area contributed by atoms with E-state index in [0.717, 1.165) is 10.0 Å². The van der Waals surface area contributed by atoms with Gasteiger partial charge in [-0.15, -0.1) is 0 Å². The van der Waals surface area contributed by atoms with Gasteiger partial charge in [0.1, 0.15) is 18.1 Å². The summed E-state index contributed by atoms with van der Waals surface area (Å²) in [5.74, 6) is 1.39. The van der Waals surface area contributed by atoms with Crippen LogP contribution < -0.4 is 15.2 Å². The summed E-state index contributed by atoms with van der Waals surface area (Å²) in [6, 6.07) is 13.3. The zero-order valence-electron chi connectivity index (χ0n) is 10.0. The average molecular weight is 308 g/mol. The molecule has 0 bridgehead atoms. The molecule has 0 aliphatic rings. The summed E-state index contributed by atoms with van der Waals surface area (Å²) < 4.78 is 11.9. The fourth-order valence-electron chi connectivity index (χ4n) is 1.59. The van der Waals surface area contributed by atoms with E-state index in [1.54, 1.807) is 19.2 Å². The molecule has 94 valence electrons. The molecule has 0 heterocycles. The smallest absolute Gasteiger partial charge is 0.125 e. The van der Waals surface area contributed by atoms with Crippen molar-refractivity contribution in [1.82, 2.24) is 0 Å². The van der Waals surface area contributed by atoms with E-state index in [0.29, 0.717) is 23.8 Å². The number of methoxy groups -OCH3 is 1. The number of halogens is 1. The third-order valence-corrected chi connectivity index (χ3v) is 2.93. The summed E-state index contributed by atoms with van der Waals surface area (Å²) in [5.41, 5.74) is 7.47. The van der Waals surface area contributed by atoms with Crippen molar-refractivity contribution in [3.63, 3.8) is 0 Å². The maximum Gasteiger partial charge on any atom is 0.125 e. The summed E-state index contributed by atoms with van der Waals surface area (Å²) >= 11 is 3.43. The highest BCUT2D eigenvalue weighted by molar-refractivity contribution is 9.10. The van der Waals surface area contributed by atoms with E-state index in [1.807, 2.05) is 30.3 Å². The SMILES string of the molecule is COc1cc(N)cc(OCc2cccc(Br)c2)c1. The number of nitrogen functional groups attached to an aromatic ring is 1. The first-order chi connectivity index (χ1) is 8.67. The van der Waals surface area contributed by atoms with Crippen molar-refractivity contribution in [3.8, 4) is 11.5 Å². The van der Waals surface area contributed by atoms with Crippen molar-refractivity contribution in [2.45, 2.75) is 6.61 Å². The van der Waals surface area contributed by atoms with Crippen molar-refractivity contribution in [2.75, 3.05) is 12.8 Å². The molecule has 0 saturated carbocycles. The monoisotopic (exact) mass is 307 g/mol. The molecule has 4 heteroatoms. The van der Waals surface area contributed by atoms with Gasteiger partial charge in [-0.05, 0) is 17.7 Å². The highest BCUT2D eigenvalue weighted by Gasteiger charge is 2.01. The van der Waals surface area contributed by atoms with Crippen LogP contribution in [0.4, 0.5) is 5.69 Å². The largest absolute Gasteiger partial charge is 0.497 e. The number of nitrogens with two attached hydrogens (primary N) is 1. The molecule has 18 heavy (non-hydrogen) atoms. The van der Waals surface area contributed by atoms with E-state index in [4.69, 9.17) is 15.2 Å². The predicted molar refractivity (Wildman–Crippen MR) is 75.9 cm³/mol. The van der Waals surface area contributed by atoms with Crippen LogP contribution in [0.2, 0.25) is 0 Å². The Bertz CT molecular complexity index is 543. The maximum atomic E-state index is 5.76. The first-order valence-electron chi connectivity index (χ1n) is 5.49. The molecule has 0 amide bonds. The molecule has 2 aromatic rings. The Morgan fingerprint density at radius 1 is 1.11 bits per heavy atom. The Labute approximate surface area is 115 Å². The molecule has 0 aliphatic heterocycles. The van der Waals surface area contributed by atoms with Crippen molar-refractivity contribution in [3.05, 3.63) is 52.5 Å². The molecule has 0 spiro atoms. The lowest BCUT2D eigenvalue weighted by Gasteiger charge is -2.09. The average Bonchev–Trinajstić information content (AvgIpc) is 2.36. The van der Waals surface area contributed by atoms with Crippen molar-refractivity contribution < 1.29 is 9.47 Å². The molecular weight excluding hydrogens is 294 g/mol. The molecule has 2 aromatic carbocycles. The first kappa shape index (κ1) is 12.8. The van der Waals surface area contributed by atoms with Crippen LogP contribution in [-0.2, 0) is 6.61 Å². The number of rotatable bonds is 4. The summed E-state index contributed by atoms with van der Waals surface area (Å²) in [5, 5.41) is 0. The van der Waals surface area contributed by atoms with Gasteiger partial charge in [0, 0.05) is 28.4 Å². The van der Waals surface area contributed by atoms with Crippen molar-refractivity contribution >= 4 is 21.6 Å². The Morgan fingerprint density at radius 2 is 1.89 bits per heavy atom. The van der Waals surface area contributed by atoms with E-state index < -0.39 is 0 Å². The third kappa shape index (κ3) is 3.40. The number of anilines is 1. The molecule has 0 aliphatic carbocycles. The summed E-state index contributed by atoms with van der Waals surface area (Å²) in [6.45, 7) is 0.492. The van der Waals surface area contributed by atoms with E-state index in [-0.39, 0.29) is 0 Å². The van der Waals surface area contributed by atoms with Crippen LogP contribution >= 0.6 is 15.9 Å². The Hall–Kier alpha value is -1.68. The van der Waals surface area contributed by atoms with Gasteiger partial charge in [0.2, 0.25) is 0 Å². The second-order valence-corrected chi connectivity index (χ2v) is 4.78. The molecule has 2 rings (SSSR count). The van der Waals surface area contributed by atoms with Gasteiger partial charge in [0.15, 0.2) is 0 Å². The number of hydrogen-bond donors (Lipinski definition) is 1. The normalized spacial score (nSPS) is 10.1. The Kier molecular flexibility index (Phi) is 4.10. The van der Waals surface area contributed by atoms with Crippen LogP contribution in [0.25, 0.3) is 0 Å². The van der Waals surface area contributed by atoms with Gasteiger partial charge in [-0.2, -0.15) is 0 Å². The van der Waals surface area contributed by atoms with Gasteiger partial charge in [0.05, 0.1) is 7.11 Å². The molecule has 0 unspecified atom stereocenters. The second-order valence-electron chi connectivity index (χ2n) is 3.86. The van der Waals surface area contributed by atoms with Gasteiger partial charge >= 0.3 is 0 Å². The van der Waals surface area contributed by atoms with Crippen LogP contribution in [-0.4, -0.2) is 7.11 Å². The first-order valence-corrected chi connectivity index (χ1v) is 6.28. The predicted octanol–water partition coefficient (Wildman–Crippen LogP) is 3.62. The van der Waals surface area contributed by atoms with Gasteiger partial charge in [-0.3, -0.25) is 0 Å². The van der Waals surface area contributed by atoms with Crippen molar-refractivity contribution in [1.29, 1.82) is 0 Å². The van der Waals surface area contributed by atoms with Gasteiger partial charge < -0.3 is 15.2 Å². The molecule has 0 atom stereocenters. The van der Waals surface area contributed by atoms with Crippen LogP contribution in [0, 0.1) is 0 Å². The van der Waals surface area contributed by atoms with E-state index in [9.17, 15) is 0 Å².